The van der Waals surface area contributed by atoms with Crippen molar-refractivity contribution in [2.75, 3.05) is 13.1 Å². The van der Waals surface area contributed by atoms with Gasteiger partial charge in [0.05, 0.1) is 16.4 Å². The first-order chi connectivity index (χ1) is 9.40. The molecule has 20 heavy (non-hydrogen) atoms. The lowest BCUT2D eigenvalue weighted by atomic mass is 10.1. The Morgan fingerprint density at radius 2 is 2.05 bits per heavy atom. The van der Waals surface area contributed by atoms with E-state index in [1.165, 1.54) is 4.88 Å². The highest BCUT2D eigenvalue weighted by Gasteiger charge is 2.17. The Hall–Kier alpha value is -0.920. The second-order valence-electron chi connectivity index (χ2n) is 4.79. The lowest BCUT2D eigenvalue weighted by molar-refractivity contribution is -0.127. The lowest BCUT2D eigenvalue weighted by Crippen LogP contribution is -2.47. The van der Waals surface area contributed by atoms with Crippen LogP contribution in [0.3, 0.4) is 0 Å². The van der Waals surface area contributed by atoms with Crippen molar-refractivity contribution in [2.24, 2.45) is 11.7 Å². The maximum Gasteiger partial charge on any atom is 0.239 e. The third kappa shape index (κ3) is 6.02. The van der Waals surface area contributed by atoms with Gasteiger partial charge in [0, 0.05) is 11.4 Å². The number of rotatable bonds is 7. The minimum absolute atomic E-state index is 0.0343. The first-order valence-electron chi connectivity index (χ1n) is 6.44. The second-order valence-corrected chi connectivity index (χ2v) is 7.34. The smallest absolute Gasteiger partial charge is 0.239 e. The molecule has 1 atom stereocenters. The van der Waals surface area contributed by atoms with E-state index in [9.17, 15) is 9.59 Å². The molecule has 4 N–H and O–H groups in total. The van der Waals surface area contributed by atoms with Crippen LogP contribution in [0.2, 0.25) is 0 Å². The molecule has 0 saturated carbocycles. The average Bonchev–Trinajstić information content (AvgIpc) is 2.80. The molecule has 0 aliphatic heterocycles. The maximum absolute atomic E-state index is 11.6. The van der Waals surface area contributed by atoms with Gasteiger partial charge in [-0.3, -0.25) is 9.59 Å². The van der Waals surface area contributed by atoms with Gasteiger partial charge in [-0.1, -0.05) is 13.8 Å². The van der Waals surface area contributed by atoms with Crippen LogP contribution in [0, 0.1) is 5.92 Å². The molecule has 0 aliphatic carbocycles. The van der Waals surface area contributed by atoms with Crippen LogP contribution in [0.25, 0.3) is 0 Å². The molecule has 0 aromatic carbocycles. The molecule has 0 spiro atoms. The molecule has 1 aromatic heterocycles. The number of carbonyl (C=O) groups excluding carboxylic acids is 2. The fourth-order valence-corrected chi connectivity index (χ4v) is 2.94. The fourth-order valence-electron chi connectivity index (χ4n) is 1.46. The van der Waals surface area contributed by atoms with Crippen molar-refractivity contribution in [2.45, 2.75) is 26.3 Å². The van der Waals surface area contributed by atoms with Gasteiger partial charge in [0.2, 0.25) is 11.8 Å². The van der Waals surface area contributed by atoms with Crippen LogP contribution in [0.1, 0.15) is 18.7 Å². The molecular weight excluding hydrogens is 342 g/mol. The zero-order valence-electron chi connectivity index (χ0n) is 11.6. The minimum atomic E-state index is -0.578. The largest absolute Gasteiger partial charge is 0.354 e. The SMILES string of the molecule is CC(C)[C@H](N)C(=O)NCC(=O)NCCc1ccc(Br)s1. The second kappa shape index (κ2) is 8.39. The summed E-state index contributed by atoms with van der Waals surface area (Å²) in [6.45, 7) is 4.25. The molecule has 1 heterocycles. The van der Waals surface area contributed by atoms with E-state index in [1.54, 1.807) is 11.3 Å². The van der Waals surface area contributed by atoms with Crippen LogP contribution >= 0.6 is 27.3 Å². The van der Waals surface area contributed by atoms with Crippen LogP contribution in [0.15, 0.2) is 15.9 Å². The number of amides is 2. The van der Waals surface area contributed by atoms with E-state index in [-0.39, 0.29) is 24.3 Å². The van der Waals surface area contributed by atoms with E-state index in [1.807, 2.05) is 26.0 Å². The first kappa shape index (κ1) is 17.1. The monoisotopic (exact) mass is 361 g/mol. The number of nitrogens with two attached hydrogens (primary N) is 1. The van der Waals surface area contributed by atoms with Gasteiger partial charge in [-0.05, 0) is 40.4 Å². The van der Waals surface area contributed by atoms with Gasteiger partial charge in [0.15, 0.2) is 0 Å². The van der Waals surface area contributed by atoms with Gasteiger partial charge in [0.1, 0.15) is 0 Å². The summed E-state index contributed by atoms with van der Waals surface area (Å²) in [4.78, 5) is 24.3. The van der Waals surface area contributed by atoms with Crippen molar-refractivity contribution < 1.29 is 9.59 Å². The van der Waals surface area contributed by atoms with E-state index < -0.39 is 6.04 Å². The number of hydrogen-bond acceptors (Lipinski definition) is 4. The predicted octanol–water partition coefficient (Wildman–Crippen LogP) is 1.27. The summed E-state index contributed by atoms with van der Waals surface area (Å²) in [7, 11) is 0. The Morgan fingerprint density at radius 1 is 1.35 bits per heavy atom. The van der Waals surface area contributed by atoms with Crippen molar-refractivity contribution in [1.29, 1.82) is 0 Å². The zero-order chi connectivity index (χ0) is 15.1. The highest BCUT2D eigenvalue weighted by Crippen LogP contribution is 2.21. The van der Waals surface area contributed by atoms with Gasteiger partial charge >= 0.3 is 0 Å². The molecule has 112 valence electrons. The number of thiophene rings is 1. The normalized spacial score (nSPS) is 12.2. The molecule has 0 radical (unpaired) electrons. The summed E-state index contributed by atoms with van der Waals surface area (Å²) in [6.07, 6.45) is 0.779. The standard InChI is InChI=1S/C13H20BrN3O2S/c1-8(2)12(15)13(19)17-7-11(18)16-6-5-9-3-4-10(14)20-9/h3-4,8,12H,5-7,15H2,1-2H3,(H,16,18)(H,17,19)/t12-/m0/s1. The molecule has 2 amide bonds. The first-order valence-corrected chi connectivity index (χ1v) is 8.05. The summed E-state index contributed by atoms with van der Waals surface area (Å²) in [5, 5.41) is 5.30. The number of carbonyl (C=O) groups is 2. The molecule has 0 aliphatic rings. The number of hydrogen-bond donors (Lipinski definition) is 3. The zero-order valence-corrected chi connectivity index (χ0v) is 14.0. The van der Waals surface area contributed by atoms with Gasteiger partial charge < -0.3 is 16.4 Å². The topological polar surface area (TPSA) is 84.2 Å². The average molecular weight is 362 g/mol. The molecule has 0 fully saturated rings. The van der Waals surface area contributed by atoms with Crippen molar-refractivity contribution in [3.8, 4) is 0 Å². The fraction of sp³-hybridized carbons (Fsp3) is 0.538. The molecule has 5 nitrogen and oxygen atoms in total. The van der Waals surface area contributed by atoms with Crippen molar-refractivity contribution in [1.82, 2.24) is 10.6 Å². The molecule has 1 rings (SSSR count). The molecule has 7 heteroatoms. The highest BCUT2D eigenvalue weighted by atomic mass is 79.9. The molecule has 1 aromatic rings. The van der Waals surface area contributed by atoms with Crippen LogP contribution in [0.5, 0.6) is 0 Å². The van der Waals surface area contributed by atoms with Crippen molar-refractivity contribution in [3.05, 3.63) is 20.8 Å². The van der Waals surface area contributed by atoms with E-state index in [0.29, 0.717) is 6.54 Å². The summed E-state index contributed by atoms with van der Waals surface area (Å²) >= 11 is 5.03. The lowest BCUT2D eigenvalue weighted by Gasteiger charge is -2.15. The van der Waals surface area contributed by atoms with Crippen molar-refractivity contribution >= 4 is 39.1 Å². The minimum Gasteiger partial charge on any atom is -0.354 e. The van der Waals surface area contributed by atoms with E-state index >= 15 is 0 Å². The van der Waals surface area contributed by atoms with Crippen LogP contribution in [-0.2, 0) is 16.0 Å². The van der Waals surface area contributed by atoms with Gasteiger partial charge in [-0.2, -0.15) is 0 Å². The quantitative estimate of drug-likeness (QED) is 0.683. The van der Waals surface area contributed by atoms with Gasteiger partial charge in [0.25, 0.3) is 0 Å². The van der Waals surface area contributed by atoms with Gasteiger partial charge in [-0.25, -0.2) is 0 Å². The summed E-state index contributed by atoms with van der Waals surface area (Å²) < 4.78 is 1.08. The Balaban J connectivity index is 2.19. The van der Waals surface area contributed by atoms with Crippen molar-refractivity contribution in [3.63, 3.8) is 0 Å². The summed E-state index contributed by atoms with van der Waals surface area (Å²) in [6, 6.07) is 3.42. The van der Waals surface area contributed by atoms with Crippen LogP contribution < -0.4 is 16.4 Å². The van der Waals surface area contributed by atoms with E-state index in [0.717, 1.165) is 10.2 Å². The van der Waals surface area contributed by atoms with Crippen LogP contribution in [0.4, 0.5) is 0 Å². The summed E-state index contributed by atoms with van der Waals surface area (Å²) in [5.41, 5.74) is 5.68. The predicted molar refractivity (Wildman–Crippen MR) is 84.6 cm³/mol. The van der Waals surface area contributed by atoms with Gasteiger partial charge in [-0.15, -0.1) is 11.3 Å². The molecule has 0 saturated heterocycles. The van der Waals surface area contributed by atoms with E-state index in [2.05, 4.69) is 26.6 Å². The molecular formula is C13H20BrN3O2S. The Morgan fingerprint density at radius 3 is 2.60 bits per heavy atom. The number of halogens is 1. The van der Waals surface area contributed by atoms with E-state index in [4.69, 9.17) is 5.73 Å². The third-order valence-corrected chi connectivity index (χ3v) is 4.45. The molecule has 0 bridgehead atoms. The highest BCUT2D eigenvalue weighted by molar-refractivity contribution is 9.11. The number of nitrogens with one attached hydrogen (secondary N) is 2. The third-order valence-electron chi connectivity index (χ3n) is 2.77. The molecule has 0 unspecified atom stereocenters. The Bertz CT molecular complexity index is 462. The maximum atomic E-state index is 11.6. The Labute approximate surface area is 131 Å². The summed E-state index contributed by atoms with van der Waals surface area (Å²) in [5.74, 6) is -0.447. The Kier molecular flexibility index (Phi) is 7.18. The van der Waals surface area contributed by atoms with Crippen LogP contribution in [-0.4, -0.2) is 30.9 Å².